The van der Waals surface area contributed by atoms with E-state index in [1.54, 1.807) is 4.68 Å². The molecule has 116 valence electrons. The van der Waals surface area contributed by atoms with Crippen molar-refractivity contribution in [1.82, 2.24) is 20.4 Å². The van der Waals surface area contributed by atoms with Gasteiger partial charge in [-0.05, 0) is 12.0 Å². The van der Waals surface area contributed by atoms with E-state index in [4.69, 9.17) is 0 Å². The molecular formula is C16H21N5O. The Morgan fingerprint density at radius 1 is 1.36 bits per heavy atom. The van der Waals surface area contributed by atoms with Gasteiger partial charge in [0.15, 0.2) is 0 Å². The number of benzene rings is 1. The van der Waals surface area contributed by atoms with Gasteiger partial charge in [0.2, 0.25) is 0 Å². The van der Waals surface area contributed by atoms with Gasteiger partial charge in [0.25, 0.3) is 0 Å². The Morgan fingerprint density at radius 3 is 3.00 bits per heavy atom. The van der Waals surface area contributed by atoms with Gasteiger partial charge in [0, 0.05) is 38.7 Å². The number of carbonyl (C=O) groups excluding carboxylic acids is 1. The normalized spacial score (nSPS) is 13.5. The fourth-order valence-corrected chi connectivity index (χ4v) is 2.70. The van der Waals surface area contributed by atoms with E-state index in [0.29, 0.717) is 6.54 Å². The quantitative estimate of drug-likeness (QED) is 0.800. The van der Waals surface area contributed by atoms with Gasteiger partial charge in [-0.25, -0.2) is 4.79 Å². The third-order valence-electron chi connectivity index (χ3n) is 3.84. The van der Waals surface area contributed by atoms with E-state index >= 15 is 0 Å². The molecule has 3 rings (SSSR count). The van der Waals surface area contributed by atoms with Crippen molar-refractivity contribution in [3.8, 4) is 0 Å². The molecule has 1 aromatic carbocycles. The zero-order valence-corrected chi connectivity index (χ0v) is 12.7. The van der Waals surface area contributed by atoms with Gasteiger partial charge < -0.3 is 10.6 Å². The first-order valence-corrected chi connectivity index (χ1v) is 7.58. The molecule has 0 fully saturated rings. The largest absolute Gasteiger partial charge is 0.337 e. The summed E-state index contributed by atoms with van der Waals surface area (Å²) < 4.78 is 1.74. The third kappa shape index (κ3) is 3.28. The highest BCUT2D eigenvalue weighted by Gasteiger charge is 2.20. The Labute approximate surface area is 129 Å². The lowest BCUT2D eigenvalue weighted by Crippen LogP contribution is -2.32. The number of aromatic nitrogens is 2. The second-order valence-electron chi connectivity index (χ2n) is 5.44. The highest BCUT2D eigenvalue weighted by atomic mass is 16.2. The van der Waals surface area contributed by atoms with Gasteiger partial charge in [0.1, 0.15) is 5.82 Å². The summed E-state index contributed by atoms with van der Waals surface area (Å²) in [6, 6.07) is 9.93. The number of carbonyl (C=O) groups is 1. The molecule has 1 aliphatic rings. The lowest BCUT2D eigenvalue weighted by Gasteiger charge is -2.14. The molecule has 0 unspecified atom stereocenters. The van der Waals surface area contributed by atoms with Crippen LogP contribution < -0.4 is 16.0 Å². The minimum Gasteiger partial charge on any atom is -0.337 e. The van der Waals surface area contributed by atoms with Crippen LogP contribution >= 0.6 is 0 Å². The van der Waals surface area contributed by atoms with Crippen LogP contribution in [0.5, 0.6) is 0 Å². The summed E-state index contributed by atoms with van der Waals surface area (Å²) in [6.45, 7) is 2.30. The van der Waals surface area contributed by atoms with Crippen LogP contribution in [0.3, 0.4) is 0 Å². The standard InChI is InChI=1S/C16H21N5O/c1-21-15(13-11-17-9-8-14(13)20-21)19-16(22)18-10-7-12-5-3-2-4-6-12/h2-6,17H,7-11H2,1H3,(H2,18,19,22). The number of hydrogen-bond donors (Lipinski definition) is 3. The van der Waals surface area contributed by atoms with Crippen LogP contribution in [-0.4, -0.2) is 28.9 Å². The monoisotopic (exact) mass is 299 g/mol. The number of rotatable bonds is 4. The molecule has 22 heavy (non-hydrogen) atoms. The molecule has 2 amide bonds. The fourth-order valence-electron chi connectivity index (χ4n) is 2.70. The number of nitrogens with one attached hydrogen (secondary N) is 3. The lowest BCUT2D eigenvalue weighted by molar-refractivity contribution is 0.252. The van der Waals surface area contributed by atoms with Crippen molar-refractivity contribution in [1.29, 1.82) is 0 Å². The number of anilines is 1. The molecule has 0 bridgehead atoms. The molecule has 6 nitrogen and oxygen atoms in total. The molecule has 0 radical (unpaired) electrons. The van der Waals surface area contributed by atoms with Crippen LogP contribution in [0.2, 0.25) is 0 Å². The molecule has 1 aliphatic heterocycles. The van der Waals surface area contributed by atoms with Gasteiger partial charge in [-0.3, -0.25) is 10.00 Å². The Kier molecular flexibility index (Phi) is 4.39. The van der Waals surface area contributed by atoms with E-state index in [1.807, 2.05) is 25.2 Å². The second kappa shape index (κ2) is 6.62. The van der Waals surface area contributed by atoms with Gasteiger partial charge in [-0.2, -0.15) is 5.10 Å². The van der Waals surface area contributed by atoms with E-state index in [9.17, 15) is 4.79 Å². The van der Waals surface area contributed by atoms with Crippen molar-refractivity contribution >= 4 is 11.8 Å². The van der Waals surface area contributed by atoms with Crippen LogP contribution in [0, 0.1) is 0 Å². The van der Waals surface area contributed by atoms with Crippen LogP contribution in [0.4, 0.5) is 10.6 Å². The molecule has 2 heterocycles. The summed E-state index contributed by atoms with van der Waals surface area (Å²) in [5.74, 6) is 0.777. The maximum atomic E-state index is 12.1. The van der Waals surface area contributed by atoms with Crippen molar-refractivity contribution in [2.45, 2.75) is 19.4 Å². The molecular weight excluding hydrogens is 278 g/mol. The van der Waals surface area contributed by atoms with Gasteiger partial charge in [0.05, 0.1) is 5.69 Å². The van der Waals surface area contributed by atoms with Crippen LogP contribution in [0.25, 0.3) is 0 Å². The summed E-state index contributed by atoms with van der Waals surface area (Å²) in [6.07, 6.45) is 1.72. The summed E-state index contributed by atoms with van der Waals surface area (Å²) in [5.41, 5.74) is 3.37. The van der Waals surface area contributed by atoms with Crippen molar-refractivity contribution in [3.05, 3.63) is 47.2 Å². The minimum atomic E-state index is -0.188. The zero-order chi connectivity index (χ0) is 15.4. The second-order valence-corrected chi connectivity index (χ2v) is 5.44. The molecule has 6 heteroatoms. The Hall–Kier alpha value is -2.34. The molecule has 0 saturated heterocycles. The maximum absolute atomic E-state index is 12.1. The maximum Gasteiger partial charge on any atom is 0.320 e. The molecule has 0 aliphatic carbocycles. The predicted octanol–water partition coefficient (Wildman–Crippen LogP) is 1.43. The number of aryl methyl sites for hydroxylation is 1. The van der Waals surface area contributed by atoms with E-state index < -0.39 is 0 Å². The lowest BCUT2D eigenvalue weighted by atomic mass is 10.1. The minimum absolute atomic E-state index is 0.188. The topological polar surface area (TPSA) is 71.0 Å². The summed E-state index contributed by atoms with van der Waals surface area (Å²) in [7, 11) is 1.86. The molecule has 2 aromatic rings. The van der Waals surface area contributed by atoms with Crippen molar-refractivity contribution in [3.63, 3.8) is 0 Å². The first-order chi connectivity index (χ1) is 10.7. The SMILES string of the molecule is Cn1nc2c(c1NC(=O)NCCc1ccccc1)CNCC2. The van der Waals surface area contributed by atoms with Crippen molar-refractivity contribution < 1.29 is 4.79 Å². The molecule has 3 N–H and O–H groups in total. The smallest absolute Gasteiger partial charge is 0.320 e. The molecule has 0 atom stereocenters. The van der Waals surface area contributed by atoms with E-state index in [-0.39, 0.29) is 6.03 Å². The zero-order valence-electron chi connectivity index (χ0n) is 12.7. The average molecular weight is 299 g/mol. The van der Waals surface area contributed by atoms with Crippen LogP contribution in [-0.2, 0) is 26.4 Å². The Bertz CT molecular complexity index is 650. The highest BCUT2D eigenvalue weighted by Crippen LogP contribution is 2.21. The molecule has 0 saturated carbocycles. The number of amides is 2. The van der Waals surface area contributed by atoms with Gasteiger partial charge in [-0.15, -0.1) is 0 Å². The van der Waals surface area contributed by atoms with Gasteiger partial charge in [-0.1, -0.05) is 30.3 Å². The van der Waals surface area contributed by atoms with Crippen molar-refractivity contribution in [2.24, 2.45) is 7.05 Å². The van der Waals surface area contributed by atoms with Crippen LogP contribution in [0.15, 0.2) is 30.3 Å². The predicted molar refractivity (Wildman–Crippen MR) is 85.8 cm³/mol. The van der Waals surface area contributed by atoms with E-state index in [0.717, 1.165) is 43.0 Å². The Morgan fingerprint density at radius 2 is 2.18 bits per heavy atom. The first kappa shape index (κ1) is 14.6. The highest BCUT2D eigenvalue weighted by molar-refractivity contribution is 5.89. The van der Waals surface area contributed by atoms with E-state index in [1.165, 1.54) is 5.56 Å². The summed E-state index contributed by atoms with van der Waals surface area (Å²) in [5, 5.41) is 13.6. The molecule has 1 aromatic heterocycles. The Balaban J connectivity index is 1.55. The molecule has 0 spiro atoms. The fraction of sp³-hybridized carbons (Fsp3) is 0.375. The summed E-state index contributed by atoms with van der Waals surface area (Å²) in [4.78, 5) is 12.1. The third-order valence-corrected chi connectivity index (χ3v) is 3.84. The van der Waals surface area contributed by atoms with E-state index in [2.05, 4.69) is 33.2 Å². The number of hydrogen-bond acceptors (Lipinski definition) is 3. The van der Waals surface area contributed by atoms with Crippen LogP contribution in [0.1, 0.15) is 16.8 Å². The number of nitrogens with zero attached hydrogens (tertiary/aromatic N) is 2. The van der Waals surface area contributed by atoms with Crippen molar-refractivity contribution in [2.75, 3.05) is 18.4 Å². The van der Waals surface area contributed by atoms with Gasteiger partial charge >= 0.3 is 6.03 Å². The number of fused-ring (bicyclic) bond motifs is 1. The number of urea groups is 1. The summed E-state index contributed by atoms with van der Waals surface area (Å²) >= 11 is 0. The average Bonchev–Trinajstić information content (AvgIpc) is 2.84. The first-order valence-electron chi connectivity index (χ1n) is 7.58.